The van der Waals surface area contributed by atoms with Gasteiger partial charge in [0, 0.05) is 11.6 Å². The summed E-state index contributed by atoms with van der Waals surface area (Å²) in [5.74, 6) is 0.763. The summed E-state index contributed by atoms with van der Waals surface area (Å²) >= 11 is 6.08. The number of rotatable bonds is 4. The van der Waals surface area contributed by atoms with Gasteiger partial charge in [-0.15, -0.1) is 0 Å². The van der Waals surface area contributed by atoms with Gasteiger partial charge in [-0.25, -0.2) is 0 Å². The average molecular weight is 262 g/mol. The highest BCUT2D eigenvalue weighted by atomic mass is 35.5. The maximum absolute atomic E-state index is 6.08. The number of aryl methyl sites for hydroxylation is 1. The van der Waals surface area contributed by atoms with E-state index in [2.05, 4.69) is 19.1 Å². The van der Waals surface area contributed by atoms with Crippen LogP contribution in [0.2, 0.25) is 5.02 Å². The van der Waals surface area contributed by atoms with Gasteiger partial charge < -0.3 is 10.5 Å². The smallest absolute Gasteiger partial charge is 0.121 e. The molecule has 18 heavy (non-hydrogen) atoms. The van der Waals surface area contributed by atoms with Crippen molar-refractivity contribution < 1.29 is 4.74 Å². The molecule has 2 aromatic carbocycles. The molecule has 94 valence electrons. The van der Waals surface area contributed by atoms with Crippen LogP contribution in [0, 0.1) is 6.92 Å². The van der Waals surface area contributed by atoms with Crippen LogP contribution in [0.3, 0.4) is 0 Å². The fourth-order valence-electron chi connectivity index (χ4n) is 1.75. The molecule has 2 N–H and O–H groups in total. The predicted molar refractivity (Wildman–Crippen MR) is 74.9 cm³/mol. The summed E-state index contributed by atoms with van der Waals surface area (Å²) in [5, 5.41) is 0.652. The van der Waals surface area contributed by atoms with Crippen LogP contribution in [0.25, 0.3) is 0 Å². The number of hydrogen-bond acceptors (Lipinski definition) is 2. The van der Waals surface area contributed by atoms with E-state index >= 15 is 0 Å². The van der Waals surface area contributed by atoms with Crippen molar-refractivity contribution in [3.63, 3.8) is 0 Å². The summed E-state index contributed by atoms with van der Waals surface area (Å²) < 4.78 is 5.70. The fraction of sp³-hybridized carbons (Fsp3) is 0.200. The summed E-state index contributed by atoms with van der Waals surface area (Å²) in [6.07, 6.45) is 0. The summed E-state index contributed by atoms with van der Waals surface area (Å²) in [6, 6.07) is 13.8. The molecular formula is C15H16ClNO. The Labute approximate surface area is 112 Å². The number of ether oxygens (including phenoxy) is 1. The molecule has 2 aromatic rings. The molecule has 0 aliphatic rings. The second-order valence-corrected chi connectivity index (χ2v) is 4.64. The first-order valence-electron chi connectivity index (χ1n) is 5.86. The van der Waals surface area contributed by atoms with Crippen LogP contribution in [0.4, 0.5) is 0 Å². The van der Waals surface area contributed by atoms with Gasteiger partial charge in [0.1, 0.15) is 12.4 Å². The minimum absolute atomic E-state index is 0.441. The molecule has 0 aliphatic heterocycles. The first-order valence-corrected chi connectivity index (χ1v) is 6.23. The molecule has 0 bridgehead atoms. The van der Waals surface area contributed by atoms with E-state index in [1.54, 1.807) is 6.07 Å². The van der Waals surface area contributed by atoms with E-state index in [0.717, 1.165) is 16.9 Å². The lowest BCUT2D eigenvalue weighted by Crippen LogP contribution is -1.99. The SMILES string of the molecule is Cc1cccc(COc2ccc(CN)c(Cl)c2)c1. The van der Waals surface area contributed by atoms with Crippen molar-refractivity contribution in [1.82, 2.24) is 0 Å². The summed E-state index contributed by atoms with van der Waals surface area (Å²) in [5.41, 5.74) is 8.86. The summed E-state index contributed by atoms with van der Waals surface area (Å²) in [6.45, 7) is 3.05. The van der Waals surface area contributed by atoms with Crippen LogP contribution in [0.1, 0.15) is 16.7 Å². The second kappa shape index (κ2) is 5.89. The lowest BCUT2D eigenvalue weighted by Gasteiger charge is -2.09. The summed E-state index contributed by atoms with van der Waals surface area (Å²) in [7, 11) is 0. The molecule has 0 aromatic heterocycles. The van der Waals surface area contributed by atoms with E-state index in [1.807, 2.05) is 24.3 Å². The van der Waals surface area contributed by atoms with E-state index in [9.17, 15) is 0 Å². The first kappa shape index (κ1) is 12.9. The first-order chi connectivity index (χ1) is 8.69. The van der Waals surface area contributed by atoms with Gasteiger partial charge in [-0.3, -0.25) is 0 Å². The standard InChI is InChI=1S/C15H16ClNO/c1-11-3-2-4-12(7-11)10-18-14-6-5-13(9-17)15(16)8-14/h2-8H,9-10,17H2,1H3. The maximum Gasteiger partial charge on any atom is 0.121 e. The van der Waals surface area contributed by atoms with Crippen molar-refractivity contribution in [3.05, 3.63) is 64.2 Å². The molecule has 0 unspecified atom stereocenters. The monoisotopic (exact) mass is 261 g/mol. The topological polar surface area (TPSA) is 35.2 Å². The fourth-order valence-corrected chi connectivity index (χ4v) is 2.00. The third-order valence-corrected chi connectivity index (χ3v) is 3.08. The Morgan fingerprint density at radius 2 is 2.00 bits per heavy atom. The number of benzene rings is 2. The molecule has 0 amide bonds. The van der Waals surface area contributed by atoms with Gasteiger partial charge >= 0.3 is 0 Å². The third-order valence-electron chi connectivity index (χ3n) is 2.73. The molecular weight excluding hydrogens is 246 g/mol. The van der Waals surface area contributed by atoms with E-state index < -0.39 is 0 Å². The second-order valence-electron chi connectivity index (χ2n) is 4.24. The van der Waals surface area contributed by atoms with E-state index in [-0.39, 0.29) is 0 Å². The quantitative estimate of drug-likeness (QED) is 0.911. The van der Waals surface area contributed by atoms with Crippen LogP contribution in [-0.4, -0.2) is 0 Å². The van der Waals surface area contributed by atoms with Crippen molar-refractivity contribution >= 4 is 11.6 Å². The Morgan fingerprint density at radius 3 is 2.67 bits per heavy atom. The third kappa shape index (κ3) is 3.25. The molecule has 2 nitrogen and oxygen atoms in total. The number of hydrogen-bond donors (Lipinski definition) is 1. The number of halogens is 1. The van der Waals surface area contributed by atoms with Crippen molar-refractivity contribution in [1.29, 1.82) is 0 Å². The van der Waals surface area contributed by atoms with Crippen LogP contribution in [-0.2, 0) is 13.2 Å². The largest absolute Gasteiger partial charge is 0.489 e. The highest BCUT2D eigenvalue weighted by Gasteiger charge is 2.01. The Bertz CT molecular complexity index is 540. The molecule has 0 atom stereocenters. The average Bonchev–Trinajstić information content (AvgIpc) is 2.37. The molecule has 0 aliphatic carbocycles. The zero-order valence-corrected chi connectivity index (χ0v) is 11.1. The van der Waals surface area contributed by atoms with Crippen molar-refractivity contribution in [3.8, 4) is 5.75 Å². The van der Waals surface area contributed by atoms with Gasteiger partial charge in [-0.2, -0.15) is 0 Å². The van der Waals surface area contributed by atoms with Gasteiger partial charge in [0.05, 0.1) is 0 Å². The molecule has 3 heteroatoms. The minimum atomic E-state index is 0.441. The summed E-state index contributed by atoms with van der Waals surface area (Å²) in [4.78, 5) is 0. The number of nitrogens with two attached hydrogens (primary N) is 1. The van der Waals surface area contributed by atoms with E-state index in [4.69, 9.17) is 22.1 Å². The molecule has 0 saturated heterocycles. The molecule has 0 radical (unpaired) electrons. The van der Waals surface area contributed by atoms with Crippen LogP contribution >= 0.6 is 11.6 Å². The molecule has 0 heterocycles. The highest BCUT2D eigenvalue weighted by molar-refractivity contribution is 6.31. The Kier molecular flexibility index (Phi) is 4.24. The van der Waals surface area contributed by atoms with Crippen LogP contribution < -0.4 is 10.5 Å². The van der Waals surface area contributed by atoms with Crippen LogP contribution in [0.15, 0.2) is 42.5 Å². The molecule has 0 saturated carbocycles. The Balaban J connectivity index is 2.04. The Hall–Kier alpha value is -1.51. The minimum Gasteiger partial charge on any atom is -0.489 e. The maximum atomic E-state index is 6.08. The molecule has 0 fully saturated rings. The van der Waals surface area contributed by atoms with Crippen molar-refractivity contribution in [2.45, 2.75) is 20.1 Å². The van der Waals surface area contributed by atoms with Crippen molar-refractivity contribution in [2.24, 2.45) is 5.73 Å². The molecule has 2 rings (SSSR count). The van der Waals surface area contributed by atoms with E-state index in [1.165, 1.54) is 5.56 Å². The lowest BCUT2D eigenvalue weighted by atomic mass is 10.1. The normalized spacial score (nSPS) is 10.4. The Morgan fingerprint density at radius 1 is 1.17 bits per heavy atom. The van der Waals surface area contributed by atoms with E-state index in [0.29, 0.717) is 18.2 Å². The van der Waals surface area contributed by atoms with Gasteiger partial charge in [0.2, 0.25) is 0 Å². The van der Waals surface area contributed by atoms with Gasteiger partial charge in [-0.1, -0.05) is 47.5 Å². The zero-order chi connectivity index (χ0) is 13.0. The van der Waals surface area contributed by atoms with Crippen LogP contribution in [0.5, 0.6) is 5.75 Å². The molecule has 0 spiro atoms. The van der Waals surface area contributed by atoms with Gasteiger partial charge in [0.25, 0.3) is 0 Å². The predicted octanol–water partition coefficient (Wildman–Crippen LogP) is 3.69. The van der Waals surface area contributed by atoms with Gasteiger partial charge in [0.15, 0.2) is 0 Å². The highest BCUT2D eigenvalue weighted by Crippen LogP contribution is 2.23. The van der Waals surface area contributed by atoms with Crippen molar-refractivity contribution in [2.75, 3.05) is 0 Å². The lowest BCUT2D eigenvalue weighted by molar-refractivity contribution is 0.306. The zero-order valence-electron chi connectivity index (χ0n) is 10.3. The van der Waals surface area contributed by atoms with Gasteiger partial charge in [-0.05, 0) is 30.2 Å².